The molecule has 1 aromatic heterocycles. The van der Waals surface area contributed by atoms with Gasteiger partial charge in [0.2, 0.25) is 0 Å². The van der Waals surface area contributed by atoms with Crippen LogP contribution in [0.4, 0.5) is 0 Å². The summed E-state index contributed by atoms with van der Waals surface area (Å²) >= 11 is 0. The lowest BCUT2D eigenvalue weighted by Gasteiger charge is -2.17. The predicted molar refractivity (Wildman–Crippen MR) is 68.5 cm³/mol. The molecule has 0 aliphatic rings. The first-order valence-corrected chi connectivity index (χ1v) is 5.70. The summed E-state index contributed by atoms with van der Waals surface area (Å²) in [7, 11) is 0. The van der Waals surface area contributed by atoms with Gasteiger partial charge in [-0.2, -0.15) is 0 Å². The van der Waals surface area contributed by atoms with Crippen molar-refractivity contribution in [3.8, 4) is 0 Å². The zero-order chi connectivity index (χ0) is 12.4. The van der Waals surface area contributed by atoms with Gasteiger partial charge in [-0.15, -0.1) is 0 Å². The van der Waals surface area contributed by atoms with Crippen LogP contribution >= 0.6 is 0 Å². The molecule has 0 spiro atoms. The van der Waals surface area contributed by atoms with E-state index in [9.17, 15) is 0 Å². The summed E-state index contributed by atoms with van der Waals surface area (Å²) in [6.07, 6.45) is 1.69. The lowest BCUT2D eigenvalue weighted by Crippen LogP contribution is -2.29. The van der Waals surface area contributed by atoms with Crippen LogP contribution in [0.2, 0.25) is 0 Å². The highest BCUT2D eigenvalue weighted by molar-refractivity contribution is 5.37. The first kappa shape index (κ1) is 11.9. The number of nitrogens with two attached hydrogens (primary N) is 1. The molecule has 0 radical (unpaired) electrons. The Morgan fingerprint density at radius 1 is 1.12 bits per heavy atom. The highest BCUT2D eigenvalue weighted by atomic mass is 16.3. The van der Waals surface area contributed by atoms with E-state index in [0.29, 0.717) is 0 Å². The van der Waals surface area contributed by atoms with Crippen molar-refractivity contribution in [3.05, 3.63) is 58.5 Å². The average Bonchev–Trinajstić information content (AvgIpc) is 2.71. The maximum atomic E-state index is 5.66. The summed E-state index contributed by atoms with van der Waals surface area (Å²) in [4.78, 5) is 0. The van der Waals surface area contributed by atoms with E-state index in [1.54, 1.807) is 6.26 Å². The number of rotatable bonds is 3. The third kappa shape index (κ3) is 2.25. The van der Waals surface area contributed by atoms with Gasteiger partial charge < -0.3 is 4.42 Å². The molecule has 2 rings (SSSR count). The molecule has 17 heavy (non-hydrogen) atoms. The van der Waals surface area contributed by atoms with Gasteiger partial charge in [0.1, 0.15) is 5.76 Å². The van der Waals surface area contributed by atoms with Gasteiger partial charge in [-0.05, 0) is 43.5 Å². The summed E-state index contributed by atoms with van der Waals surface area (Å²) in [5.74, 6) is 6.56. The zero-order valence-electron chi connectivity index (χ0n) is 10.4. The van der Waals surface area contributed by atoms with Crippen LogP contribution in [0, 0.1) is 20.8 Å². The second-order valence-corrected chi connectivity index (χ2v) is 4.38. The van der Waals surface area contributed by atoms with Crippen LogP contribution in [0.25, 0.3) is 0 Å². The molecule has 1 heterocycles. The summed E-state index contributed by atoms with van der Waals surface area (Å²) in [5.41, 5.74) is 7.63. The highest BCUT2D eigenvalue weighted by Gasteiger charge is 2.16. The third-order valence-corrected chi connectivity index (χ3v) is 3.24. The molecular weight excluding hydrogens is 212 g/mol. The van der Waals surface area contributed by atoms with E-state index in [1.807, 2.05) is 13.0 Å². The van der Waals surface area contributed by atoms with Crippen LogP contribution in [0.1, 0.15) is 34.1 Å². The number of hydrogen-bond acceptors (Lipinski definition) is 3. The number of hydrazine groups is 1. The first-order valence-electron chi connectivity index (χ1n) is 5.70. The van der Waals surface area contributed by atoms with Crippen LogP contribution in [-0.2, 0) is 0 Å². The summed E-state index contributed by atoms with van der Waals surface area (Å²) < 4.78 is 5.33. The minimum absolute atomic E-state index is 0.0203. The highest BCUT2D eigenvalue weighted by Crippen LogP contribution is 2.26. The Hall–Kier alpha value is -1.58. The van der Waals surface area contributed by atoms with Gasteiger partial charge in [0.25, 0.3) is 0 Å². The van der Waals surface area contributed by atoms with E-state index in [0.717, 1.165) is 16.9 Å². The molecule has 1 aromatic carbocycles. The molecule has 3 nitrogen and oxygen atoms in total. The molecule has 2 aromatic rings. The van der Waals surface area contributed by atoms with Crippen molar-refractivity contribution in [2.75, 3.05) is 0 Å². The second-order valence-electron chi connectivity index (χ2n) is 4.38. The molecule has 0 saturated carbocycles. The van der Waals surface area contributed by atoms with Crippen LogP contribution in [-0.4, -0.2) is 0 Å². The van der Waals surface area contributed by atoms with E-state index >= 15 is 0 Å². The van der Waals surface area contributed by atoms with Crippen molar-refractivity contribution >= 4 is 0 Å². The van der Waals surface area contributed by atoms with E-state index in [2.05, 4.69) is 37.5 Å². The normalized spacial score (nSPS) is 12.7. The van der Waals surface area contributed by atoms with Gasteiger partial charge >= 0.3 is 0 Å². The molecule has 0 aliphatic heterocycles. The quantitative estimate of drug-likeness (QED) is 0.629. The second kappa shape index (κ2) is 4.73. The average molecular weight is 230 g/mol. The van der Waals surface area contributed by atoms with Gasteiger partial charge in [0, 0.05) is 5.56 Å². The summed E-state index contributed by atoms with van der Waals surface area (Å²) in [6.45, 7) is 6.16. The Kier molecular flexibility index (Phi) is 3.31. The number of aryl methyl sites for hydroxylation is 3. The SMILES string of the molecule is Cc1ccc(C(NN)c2ccoc2C)cc1C. The minimum atomic E-state index is -0.0203. The molecule has 1 atom stereocenters. The van der Waals surface area contributed by atoms with Crippen molar-refractivity contribution in [1.29, 1.82) is 0 Å². The zero-order valence-corrected chi connectivity index (χ0v) is 10.4. The van der Waals surface area contributed by atoms with Crippen molar-refractivity contribution in [1.82, 2.24) is 5.43 Å². The Morgan fingerprint density at radius 3 is 2.41 bits per heavy atom. The maximum Gasteiger partial charge on any atom is 0.105 e. The Morgan fingerprint density at radius 2 is 1.88 bits per heavy atom. The Labute approximate surface area is 102 Å². The molecule has 0 bridgehead atoms. The predicted octanol–water partition coefficient (Wildman–Crippen LogP) is 2.76. The van der Waals surface area contributed by atoms with Crippen molar-refractivity contribution in [2.24, 2.45) is 5.84 Å². The number of hydrogen-bond donors (Lipinski definition) is 2. The van der Waals surface area contributed by atoms with Crippen molar-refractivity contribution < 1.29 is 4.42 Å². The van der Waals surface area contributed by atoms with E-state index < -0.39 is 0 Å². The molecule has 0 amide bonds. The van der Waals surface area contributed by atoms with Crippen molar-refractivity contribution in [3.63, 3.8) is 0 Å². The Bertz CT molecular complexity index is 517. The monoisotopic (exact) mass is 230 g/mol. The lowest BCUT2D eigenvalue weighted by molar-refractivity contribution is 0.520. The fraction of sp³-hybridized carbons (Fsp3) is 0.286. The van der Waals surface area contributed by atoms with Gasteiger partial charge in [0.05, 0.1) is 12.3 Å². The minimum Gasteiger partial charge on any atom is -0.469 e. The fourth-order valence-corrected chi connectivity index (χ4v) is 2.00. The lowest BCUT2D eigenvalue weighted by atomic mass is 9.96. The summed E-state index contributed by atoms with van der Waals surface area (Å²) in [6, 6.07) is 8.30. The fourth-order valence-electron chi connectivity index (χ4n) is 2.00. The van der Waals surface area contributed by atoms with Crippen LogP contribution in [0.3, 0.4) is 0 Å². The molecule has 3 N–H and O–H groups in total. The Balaban J connectivity index is 2.42. The number of nitrogens with one attached hydrogen (secondary N) is 1. The summed E-state index contributed by atoms with van der Waals surface area (Å²) in [5, 5.41) is 0. The third-order valence-electron chi connectivity index (χ3n) is 3.24. The van der Waals surface area contributed by atoms with Gasteiger partial charge in [-0.1, -0.05) is 18.2 Å². The van der Waals surface area contributed by atoms with Crippen LogP contribution in [0.5, 0.6) is 0 Å². The number of benzene rings is 1. The maximum absolute atomic E-state index is 5.66. The molecule has 1 unspecified atom stereocenters. The number of furan rings is 1. The molecule has 0 fully saturated rings. The molecule has 90 valence electrons. The van der Waals surface area contributed by atoms with E-state index in [4.69, 9.17) is 10.3 Å². The van der Waals surface area contributed by atoms with E-state index in [1.165, 1.54) is 11.1 Å². The molecule has 0 saturated heterocycles. The van der Waals surface area contributed by atoms with Gasteiger partial charge in [0.15, 0.2) is 0 Å². The standard InChI is InChI=1S/C14H18N2O/c1-9-4-5-12(8-10(9)2)14(16-15)13-6-7-17-11(13)3/h4-8,14,16H,15H2,1-3H3. The largest absolute Gasteiger partial charge is 0.469 e. The molecule has 0 aliphatic carbocycles. The van der Waals surface area contributed by atoms with Crippen LogP contribution < -0.4 is 11.3 Å². The molecule has 3 heteroatoms. The van der Waals surface area contributed by atoms with Gasteiger partial charge in [-0.3, -0.25) is 5.84 Å². The first-order chi connectivity index (χ1) is 8.13. The molecular formula is C14H18N2O. The van der Waals surface area contributed by atoms with Gasteiger partial charge in [-0.25, -0.2) is 5.43 Å². The topological polar surface area (TPSA) is 51.2 Å². The smallest absolute Gasteiger partial charge is 0.105 e. The van der Waals surface area contributed by atoms with Crippen molar-refractivity contribution in [2.45, 2.75) is 26.8 Å². The van der Waals surface area contributed by atoms with E-state index in [-0.39, 0.29) is 6.04 Å². The van der Waals surface area contributed by atoms with Crippen LogP contribution in [0.15, 0.2) is 34.9 Å².